The lowest BCUT2D eigenvalue weighted by Gasteiger charge is -2.08. The highest BCUT2D eigenvalue weighted by Crippen LogP contribution is 2.31. The van der Waals surface area contributed by atoms with Gasteiger partial charge in [-0.3, -0.25) is 20.2 Å². The summed E-state index contributed by atoms with van der Waals surface area (Å²) in [4.78, 5) is 27.3. The summed E-state index contributed by atoms with van der Waals surface area (Å²) in [6.45, 7) is 0. The van der Waals surface area contributed by atoms with Crippen molar-refractivity contribution < 1.29 is 9.72 Å². The molecule has 132 valence electrons. The first-order valence-electron chi connectivity index (χ1n) is 7.47. The molecule has 0 spiro atoms. The van der Waals surface area contributed by atoms with Crippen LogP contribution in [0.25, 0.3) is 11.3 Å². The predicted molar refractivity (Wildman–Crippen MR) is 103 cm³/mol. The van der Waals surface area contributed by atoms with Gasteiger partial charge in [-0.25, -0.2) is 4.98 Å². The zero-order valence-corrected chi connectivity index (χ0v) is 15.1. The zero-order chi connectivity index (χ0) is 18.7. The zero-order valence-electron chi connectivity index (χ0n) is 13.5. The molecule has 2 N–H and O–H groups in total. The van der Waals surface area contributed by atoms with Crippen LogP contribution in [0.1, 0.15) is 10.4 Å². The summed E-state index contributed by atoms with van der Waals surface area (Å²) >= 11 is 7.41. The molecule has 0 radical (unpaired) electrons. The van der Waals surface area contributed by atoms with Crippen LogP contribution >= 0.6 is 22.9 Å². The summed E-state index contributed by atoms with van der Waals surface area (Å²) in [5.41, 5.74) is 1.89. The van der Waals surface area contributed by atoms with Crippen molar-refractivity contribution >= 4 is 45.4 Å². The highest BCUT2D eigenvalue weighted by atomic mass is 35.5. The number of thiazole rings is 1. The Balaban J connectivity index is 1.86. The van der Waals surface area contributed by atoms with Gasteiger partial charge in [0.25, 0.3) is 11.6 Å². The number of nitrogens with one attached hydrogen (secondary N) is 2. The Morgan fingerprint density at radius 1 is 1.27 bits per heavy atom. The average Bonchev–Trinajstić information content (AvgIpc) is 3.09. The quantitative estimate of drug-likeness (QED) is 0.489. The van der Waals surface area contributed by atoms with Gasteiger partial charge in [-0.2, -0.15) is 0 Å². The highest BCUT2D eigenvalue weighted by Gasteiger charge is 2.18. The molecule has 7 nitrogen and oxygen atoms in total. The number of nitro groups is 1. The third kappa shape index (κ3) is 3.66. The standard InChI is InChI=1S/C17H13ClN4O3S/c1-19-14-7-6-10(22(24)25)8-12(14)16(23)21-17-20-15(9-26-17)11-4-2-3-5-13(11)18/h2-9,19H,1H3,(H,20,21,23). The third-order valence-electron chi connectivity index (χ3n) is 3.60. The summed E-state index contributed by atoms with van der Waals surface area (Å²) in [5.74, 6) is -0.488. The number of halogens is 1. The summed E-state index contributed by atoms with van der Waals surface area (Å²) < 4.78 is 0. The van der Waals surface area contributed by atoms with Gasteiger partial charge in [0.05, 0.1) is 16.2 Å². The van der Waals surface area contributed by atoms with Crippen molar-refractivity contribution in [3.63, 3.8) is 0 Å². The smallest absolute Gasteiger partial charge is 0.270 e. The van der Waals surface area contributed by atoms with Crippen molar-refractivity contribution in [2.75, 3.05) is 17.7 Å². The Morgan fingerprint density at radius 2 is 2.04 bits per heavy atom. The molecule has 0 atom stereocenters. The summed E-state index contributed by atoms with van der Waals surface area (Å²) in [7, 11) is 1.64. The maximum atomic E-state index is 12.5. The molecule has 0 aliphatic rings. The van der Waals surface area contributed by atoms with E-state index in [4.69, 9.17) is 11.6 Å². The van der Waals surface area contributed by atoms with Gasteiger partial charge in [-0.05, 0) is 12.1 Å². The summed E-state index contributed by atoms with van der Waals surface area (Å²) in [6, 6.07) is 11.3. The molecule has 0 aliphatic heterocycles. The van der Waals surface area contributed by atoms with Crippen LogP contribution in [-0.4, -0.2) is 22.9 Å². The van der Waals surface area contributed by atoms with Crippen molar-refractivity contribution in [1.29, 1.82) is 0 Å². The molecule has 26 heavy (non-hydrogen) atoms. The second-order valence-corrected chi connectivity index (χ2v) is 6.47. The number of non-ortho nitro benzene ring substituents is 1. The summed E-state index contributed by atoms with van der Waals surface area (Å²) in [6.07, 6.45) is 0. The van der Waals surface area contributed by atoms with Crippen LogP contribution in [0.3, 0.4) is 0 Å². The molecule has 3 aromatic rings. The number of anilines is 2. The van der Waals surface area contributed by atoms with Crippen molar-refractivity contribution in [1.82, 2.24) is 4.98 Å². The molecule has 0 fully saturated rings. The van der Waals surface area contributed by atoms with Crippen LogP contribution in [-0.2, 0) is 0 Å². The Morgan fingerprint density at radius 3 is 2.73 bits per heavy atom. The van der Waals surface area contributed by atoms with Gasteiger partial charge in [0.2, 0.25) is 0 Å². The van der Waals surface area contributed by atoms with E-state index in [2.05, 4.69) is 15.6 Å². The van der Waals surface area contributed by atoms with Crippen LogP contribution in [0.5, 0.6) is 0 Å². The fourth-order valence-electron chi connectivity index (χ4n) is 2.34. The molecule has 0 saturated carbocycles. The van der Waals surface area contributed by atoms with E-state index in [9.17, 15) is 14.9 Å². The van der Waals surface area contributed by atoms with E-state index in [0.29, 0.717) is 21.5 Å². The number of hydrogen-bond donors (Lipinski definition) is 2. The average molecular weight is 389 g/mol. The van der Waals surface area contributed by atoms with Gasteiger partial charge in [0.15, 0.2) is 5.13 Å². The number of carbonyl (C=O) groups is 1. The van der Waals surface area contributed by atoms with Crippen LogP contribution in [0.4, 0.5) is 16.5 Å². The lowest BCUT2D eigenvalue weighted by atomic mass is 10.1. The maximum Gasteiger partial charge on any atom is 0.270 e. The number of hydrogen-bond acceptors (Lipinski definition) is 6. The monoisotopic (exact) mass is 388 g/mol. The highest BCUT2D eigenvalue weighted by molar-refractivity contribution is 7.14. The third-order valence-corrected chi connectivity index (χ3v) is 4.69. The normalized spacial score (nSPS) is 10.4. The fourth-order valence-corrected chi connectivity index (χ4v) is 3.28. The molecule has 0 aliphatic carbocycles. The first kappa shape index (κ1) is 17.8. The van der Waals surface area contributed by atoms with Crippen molar-refractivity contribution in [3.8, 4) is 11.3 Å². The van der Waals surface area contributed by atoms with E-state index in [1.165, 1.54) is 29.5 Å². The number of carbonyl (C=O) groups excluding carboxylic acids is 1. The first-order chi connectivity index (χ1) is 12.5. The SMILES string of the molecule is CNc1ccc([N+](=O)[O-])cc1C(=O)Nc1nc(-c2ccccc2Cl)cs1. The van der Waals surface area contributed by atoms with Gasteiger partial charge >= 0.3 is 0 Å². The van der Waals surface area contributed by atoms with Crippen LogP contribution < -0.4 is 10.6 Å². The van der Waals surface area contributed by atoms with Crippen LogP contribution in [0.2, 0.25) is 5.02 Å². The lowest BCUT2D eigenvalue weighted by molar-refractivity contribution is -0.384. The molecule has 0 saturated heterocycles. The van der Waals surface area contributed by atoms with E-state index < -0.39 is 10.8 Å². The van der Waals surface area contributed by atoms with E-state index >= 15 is 0 Å². The molecule has 0 bridgehead atoms. The van der Waals surface area contributed by atoms with Crippen LogP contribution in [0, 0.1) is 10.1 Å². The van der Waals surface area contributed by atoms with E-state index in [-0.39, 0.29) is 11.3 Å². The number of aromatic nitrogens is 1. The van der Waals surface area contributed by atoms with Crippen molar-refractivity contribution in [2.24, 2.45) is 0 Å². The maximum absolute atomic E-state index is 12.5. The second-order valence-electron chi connectivity index (χ2n) is 5.21. The molecule has 3 rings (SSSR count). The molecular weight excluding hydrogens is 376 g/mol. The van der Waals surface area contributed by atoms with Crippen molar-refractivity contribution in [3.05, 3.63) is 68.5 Å². The van der Waals surface area contributed by atoms with E-state index in [1.54, 1.807) is 18.5 Å². The lowest BCUT2D eigenvalue weighted by Crippen LogP contribution is -2.14. The van der Waals surface area contributed by atoms with Gasteiger partial charge in [-0.1, -0.05) is 29.8 Å². The molecule has 1 heterocycles. The van der Waals surface area contributed by atoms with Crippen molar-refractivity contribution in [2.45, 2.75) is 0 Å². The first-order valence-corrected chi connectivity index (χ1v) is 8.73. The van der Waals surface area contributed by atoms with Gasteiger partial charge in [0, 0.05) is 40.8 Å². The largest absolute Gasteiger partial charge is 0.387 e. The van der Waals surface area contributed by atoms with Gasteiger partial charge in [-0.15, -0.1) is 11.3 Å². The number of nitrogens with zero attached hydrogens (tertiary/aromatic N) is 2. The number of rotatable bonds is 5. The molecule has 2 aromatic carbocycles. The molecule has 9 heteroatoms. The topological polar surface area (TPSA) is 97.2 Å². The van der Waals surface area contributed by atoms with E-state index in [1.807, 2.05) is 18.2 Å². The summed E-state index contributed by atoms with van der Waals surface area (Å²) in [5, 5.41) is 19.2. The Bertz CT molecular complexity index is 990. The molecule has 1 aromatic heterocycles. The van der Waals surface area contributed by atoms with Gasteiger partial charge in [0.1, 0.15) is 0 Å². The van der Waals surface area contributed by atoms with Crippen LogP contribution in [0.15, 0.2) is 47.8 Å². The minimum Gasteiger partial charge on any atom is -0.387 e. The Labute approximate surface area is 157 Å². The molecule has 1 amide bonds. The predicted octanol–water partition coefficient (Wildman–Crippen LogP) is 4.67. The number of benzene rings is 2. The van der Waals surface area contributed by atoms with E-state index in [0.717, 1.165) is 5.56 Å². The molecule has 0 unspecified atom stereocenters. The number of amides is 1. The number of nitro benzene ring substituents is 1. The Hall–Kier alpha value is -2.97. The molecular formula is C17H13ClN4O3S. The fraction of sp³-hybridized carbons (Fsp3) is 0.0588. The van der Waals surface area contributed by atoms with Gasteiger partial charge < -0.3 is 5.32 Å². The Kier molecular flexibility index (Phi) is 5.15. The minimum atomic E-state index is -0.547. The minimum absolute atomic E-state index is 0.162. The second kappa shape index (κ2) is 7.51.